The SMILES string of the molecule is CN[C@@H](C)C(=O)N[C@H]1COCc2cn(nn2)-c2ccc(cc2)C[C@H](C(=O)O)NC(=O)[C@H](Cc2ccccc2)NC(=O)[C@@H]2CCCN2C(=O)[C@@H](NC(=O)[C@H](C)NC)COCc2cn(nn2)-c2ccc(cc2)C[C@H](C(=O)O)NC(=O)[C@H](Cc2ccccc2)NC(=O)[C@@H]2CCCN2C1=O. The summed E-state index contributed by atoms with van der Waals surface area (Å²) in [6, 6.07) is 19.1. The average molecular weight is 1320 g/mol. The predicted octanol–water partition coefficient (Wildman–Crippen LogP) is -0.559. The molecule has 6 aliphatic heterocycles. The third-order valence-electron chi connectivity index (χ3n) is 17.1. The maximum atomic E-state index is 14.6. The molecular weight excluding hydrogens is 1240 g/mol. The number of carbonyl (C=O) groups excluding carboxylic acids is 8. The first-order chi connectivity index (χ1) is 46.2. The lowest BCUT2D eigenvalue weighted by Gasteiger charge is -2.30. The number of ether oxygens (including phenoxy) is 2. The van der Waals surface area contributed by atoms with Crippen LogP contribution in [0.15, 0.2) is 122 Å². The molecule has 2 aromatic heterocycles. The summed E-state index contributed by atoms with van der Waals surface area (Å²) in [6.45, 7) is 2.38. The van der Waals surface area contributed by atoms with Crippen molar-refractivity contribution in [3.63, 3.8) is 0 Å². The van der Waals surface area contributed by atoms with Gasteiger partial charge >= 0.3 is 11.9 Å². The summed E-state index contributed by atoms with van der Waals surface area (Å²) in [6.07, 6.45) is 3.94. The van der Waals surface area contributed by atoms with Gasteiger partial charge in [-0.3, -0.25) is 38.4 Å². The lowest BCUT2D eigenvalue weighted by molar-refractivity contribution is -0.144. The molecule has 8 heterocycles. The zero-order chi connectivity index (χ0) is 68.4. The van der Waals surface area contributed by atoms with Crippen LogP contribution in [0.1, 0.15) is 73.2 Å². The molecule has 30 nitrogen and oxygen atoms in total. The molecule has 10 atom stereocenters. The summed E-state index contributed by atoms with van der Waals surface area (Å²) in [7, 11) is 3.15. The maximum absolute atomic E-state index is 14.6. The van der Waals surface area contributed by atoms with Gasteiger partial charge < -0.3 is 72.0 Å². The number of aromatic nitrogens is 6. The predicted molar refractivity (Wildman–Crippen MR) is 343 cm³/mol. The molecule has 4 aromatic carbocycles. The normalized spacial score (nSPS) is 23.0. The molecule has 6 aromatic rings. The van der Waals surface area contributed by atoms with E-state index >= 15 is 0 Å². The Kier molecular flexibility index (Phi) is 24.2. The molecule has 2 fully saturated rings. The van der Waals surface area contributed by atoms with Crippen molar-refractivity contribution in [2.75, 3.05) is 40.4 Å². The van der Waals surface area contributed by atoms with Gasteiger partial charge in [-0.2, -0.15) is 0 Å². The summed E-state index contributed by atoms with van der Waals surface area (Å²) < 4.78 is 14.9. The summed E-state index contributed by atoms with van der Waals surface area (Å²) in [4.78, 5) is 142. The van der Waals surface area contributed by atoms with Crippen LogP contribution >= 0.6 is 0 Å². The van der Waals surface area contributed by atoms with Crippen LogP contribution in [0.25, 0.3) is 11.4 Å². The second-order valence-electron chi connectivity index (χ2n) is 23.9. The Labute approximate surface area is 553 Å². The molecule has 0 unspecified atom stereocenters. The number of hydrogen-bond donors (Lipinski definition) is 10. The van der Waals surface area contributed by atoms with E-state index in [4.69, 9.17) is 9.47 Å². The van der Waals surface area contributed by atoms with Gasteiger partial charge in [-0.15, -0.1) is 10.2 Å². The van der Waals surface area contributed by atoms with Crippen molar-refractivity contribution in [3.05, 3.63) is 155 Å². The molecule has 0 saturated carbocycles. The number of nitrogens with one attached hydrogen (secondary N) is 8. The molecule has 30 heteroatoms. The van der Waals surface area contributed by atoms with E-state index in [1.165, 1.54) is 19.2 Å². The number of aliphatic carboxylic acids is 2. The Bertz CT molecular complexity index is 3470. The van der Waals surface area contributed by atoms with Gasteiger partial charge in [-0.1, -0.05) is 95.4 Å². The minimum absolute atomic E-state index is 0.0373. The van der Waals surface area contributed by atoms with Crippen LogP contribution in [0.5, 0.6) is 0 Å². The van der Waals surface area contributed by atoms with Gasteiger partial charge in [0.1, 0.15) is 59.7 Å². The van der Waals surface area contributed by atoms with Gasteiger partial charge in [0.15, 0.2) is 0 Å². The van der Waals surface area contributed by atoms with Gasteiger partial charge in [0, 0.05) is 38.8 Å². The summed E-state index contributed by atoms with van der Waals surface area (Å²) >= 11 is 0. The zero-order valence-electron chi connectivity index (χ0n) is 53.6. The van der Waals surface area contributed by atoms with Gasteiger partial charge in [-0.25, -0.2) is 19.0 Å². The molecule has 508 valence electrons. The fourth-order valence-electron chi connectivity index (χ4n) is 11.4. The number of rotatable bonds is 12. The Morgan fingerprint density at radius 3 is 1.26 bits per heavy atom. The topological polar surface area (TPSA) is 394 Å². The van der Waals surface area contributed by atoms with Gasteiger partial charge in [-0.05, 0) is 100 Å². The zero-order valence-corrected chi connectivity index (χ0v) is 53.6. The Morgan fingerprint density at radius 2 is 0.906 bits per heavy atom. The van der Waals surface area contributed by atoms with Crippen LogP contribution in [0.2, 0.25) is 0 Å². The highest BCUT2D eigenvalue weighted by Gasteiger charge is 2.42. The molecule has 0 radical (unpaired) electrons. The number of amides is 8. The van der Waals surface area contributed by atoms with Crippen molar-refractivity contribution in [2.45, 2.75) is 139 Å². The largest absolute Gasteiger partial charge is 0.480 e. The Balaban J connectivity index is 0.986. The lowest BCUT2D eigenvalue weighted by atomic mass is 10.0. The van der Waals surface area contributed by atoms with E-state index < -0.39 is 120 Å². The smallest absolute Gasteiger partial charge is 0.326 e. The van der Waals surface area contributed by atoms with E-state index in [2.05, 4.69) is 63.2 Å². The van der Waals surface area contributed by atoms with Crippen LogP contribution < -0.4 is 42.5 Å². The van der Waals surface area contributed by atoms with Crippen LogP contribution in [-0.2, 0) is 96.3 Å². The van der Waals surface area contributed by atoms with E-state index in [0.717, 1.165) is 0 Å². The third-order valence-corrected chi connectivity index (χ3v) is 17.1. The fourth-order valence-corrected chi connectivity index (χ4v) is 11.4. The lowest BCUT2D eigenvalue weighted by Crippen LogP contribution is -2.59. The standard InChI is InChI=1S/C66H80N16O14/c1-39(67-3)57(83)73-53-37-95-35-45-33-81(77-75-45)47-23-19-43(20-24-47)32-52(66(93)94)72-60(86)50(30-42-15-9-6-10-16-42)70-62(88)56-18-12-28-80(56)64(90)54(74-58(84)40(2)68-4)38-96-36-46-34-82(78-76-46)48-25-21-44(22-26-48)31-51(65(91)92)71-59(85)49(29-41-13-7-5-8-14-41)69-61(87)55-17-11-27-79(55)63(53)89/h5-10,13-16,19-26,33-34,39-40,49-56,67-68H,11-12,17-18,27-32,35-38H2,1-4H3,(H,69,87)(H,70,88)(H,71,85)(H,72,86)(H,73,83)(H,74,84)(H,91,92)(H,93,94)/t39-,40-,49-,50-,51+,52+,53-,54-,55-,56-/m0/s1. The van der Waals surface area contributed by atoms with Crippen LogP contribution in [0.4, 0.5) is 0 Å². The quantitative estimate of drug-likeness (QED) is 0.0734. The molecule has 0 spiro atoms. The minimum atomic E-state index is -1.46. The summed E-state index contributed by atoms with van der Waals surface area (Å²) in [5.74, 6) is -7.93. The maximum Gasteiger partial charge on any atom is 0.326 e. The van der Waals surface area contributed by atoms with Gasteiger partial charge in [0.05, 0.1) is 62.3 Å². The molecule has 8 bridgehead atoms. The van der Waals surface area contributed by atoms with Crippen molar-refractivity contribution in [2.24, 2.45) is 0 Å². The molecule has 8 amide bonds. The molecule has 6 aliphatic rings. The van der Waals surface area contributed by atoms with Crippen molar-refractivity contribution in [1.29, 1.82) is 0 Å². The van der Waals surface area contributed by atoms with Gasteiger partial charge in [0.25, 0.3) is 0 Å². The molecule has 0 aliphatic carbocycles. The third kappa shape index (κ3) is 18.5. The van der Waals surface area contributed by atoms with Crippen LogP contribution in [-0.4, -0.2) is 210 Å². The minimum Gasteiger partial charge on any atom is -0.480 e. The summed E-state index contributed by atoms with van der Waals surface area (Å²) in [5.41, 5.74) is 4.01. The number of benzene rings is 4. The molecule has 12 rings (SSSR count). The highest BCUT2D eigenvalue weighted by molar-refractivity contribution is 5.97. The van der Waals surface area contributed by atoms with Crippen LogP contribution in [0.3, 0.4) is 0 Å². The van der Waals surface area contributed by atoms with Crippen molar-refractivity contribution in [3.8, 4) is 11.4 Å². The van der Waals surface area contributed by atoms with Crippen molar-refractivity contribution < 1.29 is 67.6 Å². The van der Waals surface area contributed by atoms with E-state index in [0.29, 0.717) is 57.9 Å². The number of likely N-dealkylation sites (N-methyl/N-ethyl adjacent to an activating group) is 2. The van der Waals surface area contributed by atoms with Crippen molar-refractivity contribution >= 4 is 59.2 Å². The number of nitrogens with zero attached hydrogens (tertiary/aromatic N) is 8. The monoisotopic (exact) mass is 1320 g/mol. The van der Waals surface area contributed by atoms with E-state index in [1.54, 1.807) is 150 Å². The van der Waals surface area contributed by atoms with Crippen LogP contribution in [0, 0.1) is 0 Å². The first-order valence-electron chi connectivity index (χ1n) is 31.7. The Morgan fingerprint density at radius 1 is 0.531 bits per heavy atom. The molecule has 96 heavy (non-hydrogen) atoms. The number of carboxylic acid groups (broad SMARTS) is 2. The van der Waals surface area contributed by atoms with Gasteiger partial charge in [0.2, 0.25) is 47.3 Å². The second-order valence-corrected chi connectivity index (χ2v) is 23.9. The number of carboxylic acids is 2. The fraction of sp³-hybridized carbons (Fsp3) is 0.424. The first kappa shape index (κ1) is 70.0. The van der Waals surface area contributed by atoms with E-state index in [1.807, 2.05) is 0 Å². The van der Waals surface area contributed by atoms with E-state index in [9.17, 15) is 58.2 Å². The molecule has 10 N–H and O–H groups in total. The number of carbonyl (C=O) groups is 10. The summed E-state index contributed by atoms with van der Waals surface area (Å²) in [5, 5.41) is 59.9. The Hall–Kier alpha value is -10.3. The van der Waals surface area contributed by atoms with E-state index in [-0.39, 0.29) is 78.0 Å². The molecule has 2 saturated heterocycles. The average Bonchev–Trinajstić information content (AvgIpc) is 1.60. The molecular formula is C66H80N16O14. The first-order valence-corrected chi connectivity index (χ1v) is 31.7. The highest BCUT2D eigenvalue weighted by Crippen LogP contribution is 2.23. The number of hydrogen-bond acceptors (Lipinski definition) is 18. The highest BCUT2D eigenvalue weighted by atomic mass is 16.5. The second kappa shape index (κ2) is 33.2. The van der Waals surface area contributed by atoms with Crippen molar-refractivity contribution in [1.82, 2.24) is 82.3 Å².